The Kier molecular flexibility index (Phi) is 3.88. The molecule has 1 saturated heterocycles. The maximum Gasteiger partial charge on any atom is 0.0507 e. The first kappa shape index (κ1) is 11.5. The predicted octanol–water partition coefficient (Wildman–Crippen LogP) is 1.32. The number of nitrogens with zero attached hydrogens (tertiary/aromatic N) is 1. The Balaban J connectivity index is 2.18. The number of hydrogen-bond acceptors (Lipinski definition) is 4. The monoisotopic (exact) mass is 221 g/mol. The van der Waals surface area contributed by atoms with E-state index in [2.05, 4.69) is 17.3 Å². The molecule has 2 heterocycles. The summed E-state index contributed by atoms with van der Waals surface area (Å²) in [7, 11) is 0. The number of ether oxygens (including phenoxy) is 1. The van der Waals surface area contributed by atoms with Gasteiger partial charge in [-0.2, -0.15) is 0 Å². The molecule has 1 fully saturated rings. The molecule has 0 aromatic carbocycles. The van der Waals surface area contributed by atoms with E-state index in [4.69, 9.17) is 10.6 Å². The van der Waals surface area contributed by atoms with Crippen molar-refractivity contribution in [3.63, 3.8) is 0 Å². The van der Waals surface area contributed by atoms with Crippen LogP contribution in [-0.4, -0.2) is 18.2 Å². The number of nitrogens with two attached hydrogens (primary N) is 1. The fourth-order valence-electron chi connectivity index (χ4n) is 2.33. The van der Waals surface area contributed by atoms with E-state index in [1.54, 1.807) is 0 Å². The standard InChI is InChI=1S/C12H19N3O/c1-9-2-5-14-8-11(9)12(15-13)10-3-6-16-7-4-10/h2,5,8,10,12,15H,3-4,6-7,13H2,1H3. The summed E-state index contributed by atoms with van der Waals surface area (Å²) < 4.78 is 5.38. The molecule has 4 heteroatoms. The largest absolute Gasteiger partial charge is 0.381 e. The lowest BCUT2D eigenvalue weighted by molar-refractivity contribution is 0.0535. The van der Waals surface area contributed by atoms with Crippen LogP contribution in [-0.2, 0) is 4.74 Å². The van der Waals surface area contributed by atoms with Crippen molar-refractivity contribution in [1.29, 1.82) is 0 Å². The molecule has 88 valence electrons. The van der Waals surface area contributed by atoms with Crippen LogP contribution < -0.4 is 11.3 Å². The molecule has 1 unspecified atom stereocenters. The lowest BCUT2D eigenvalue weighted by Crippen LogP contribution is -2.36. The van der Waals surface area contributed by atoms with Crippen LogP contribution in [0.4, 0.5) is 0 Å². The van der Waals surface area contributed by atoms with Crippen molar-refractivity contribution < 1.29 is 4.74 Å². The van der Waals surface area contributed by atoms with Crippen molar-refractivity contribution in [2.24, 2.45) is 11.8 Å². The van der Waals surface area contributed by atoms with Gasteiger partial charge < -0.3 is 4.74 Å². The first-order valence-corrected chi connectivity index (χ1v) is 5.77. The fraction of sp³-hybridized carbons (Fsp3) is 0.583. The van der Waals surface area contributed by atoms with Crippen LogP contribution in [0, 0.1) is 12.8 Å². The molecule has 3 N–H and O–H groups in total. The molecule has 2 rings (SSSR count). The van der Waals surface area contributed by atoms with Gasteiger partial charge in [0.1, 0.15) is 0 Å². The highest BCUT2D eigenvalue weighted by atomic mass is 16.5. The van der Waals surface area contributed by atoms with E-state index in [0.717, 1.165) is 26.1 Å². The van der Waals surface area contributed by atoms with Gasteiger partial charge in [0.15, 0.2) is 0 Å². The number of pyridine rings is 1. The van der Waals surface area contributed by atoms with Crippen molar-refractivity contribution in [1.82, 2.24) is 10.4 Å². The minimum absolute atomic E-state index is 0.192. The van der Waals surface area contributed by atoms with Crippen molar-refractivity contribution in [3.8, 4) is 0 Å². The van der Waals surface area contributed by atoms with Crippen molar-refractivity contribution in [2.45, 2.75) is 25.8 Å². The minimum atomic E-state index is 0.192. The highest BCUT2D eigenvalue weighted by molar-refractivity contribution is 5.25. The summed E-state index contributed by atoms with van der Waals surface area (Å²) in [4.78, 5) is 4.18. The number of nitrogens with one attached hydrogen (secondary N) is 1. The molecule has 0 saturated carbocycles. The molecule has 1 aromatic heterocycles. The highest BCUT2D eigenvalue weighted by Crippen LogP contribution is 2.30. The van der Waals surface area contributed by atoms with Crippen LogP contribution in [0.1, 0.15) is 30.0 Å². The Morgan fingerprint density at radius 1 is 1.50 bits per heavy atom. The van der Waals surface area contributed by atoms with E-state index in [-0.39, 0.29) is 6.04 Å². The summed E-state index contributed by atoms with van der Waals surface area (Å²) in [6, 6.07) is 2.22. The van der Waals surface area contributed by atoms with Gasteiger partial charge in [0.05, 0.1) is 6.04 Å². The molecule has 0 bridgehead atoms. The van der Waals surface area contributed by atoms with Gasteiger partial charge in [-0.05, 0) is 42.9 Å². The molecule has 0 aliphatic carbocycles. The Hall–Kier alpha value is -0.970. The second-order valence-electron chi connectivity index (χ2n) is 4.33. The van der Waals surface area contributed by atoms with Crippen LogP contribution in [0.5, 0.6) is 0 Å². The topological polar surface area (TPSA) is 60.2 Å². The molecule has 1 atom stereocenters. The van der Waals surface area contributed by atoms with Crippen LogP contribution in [0.2, 0.25) is 0 Å². The summed E-state index contributed by atoms with van der Waals surface area (Å²) in [5.41, 5.74) is 5.38. The first-order chi connectivity index (χ1) is 7.83. The van der Waals surface area contributed by atoms with Crippen LogP contribution in [0.15, 0.2) is 18.5 Å². The maximum atomic E-state index is 5.69. The second-order valence-corrected chi connectivity index (χ2v) is 4.33. The zero-order chi connectivity index (χ0) is 11.4. The second kappa shape index (κ2) is 5.39. The van der Waals surface area contributed by atoms with Gasteiger partial charge in [-0.25, -0.2) is 0 Å². The average molecular weight is 221 g/mol. The third-order valence-electron chi connectivity index (χ3n) is 3.33. The summed E-state index contributed by atoms with van der Waals surface area (Å²) in [6.45, 7) is 3.77. The van der Waals surface area contributed by atoms with Crippen molar-refractivity contribution in [2.75, 3.05) is 13.2 Å². The lowest BCUT2D eigenvalue weighted by Gasteiger charge is -2.30. The van der Waals surface area contributed by atoms with Gasteiger partial charge in [-0.3, -0.25) is 16.3 Å². The lowest BCUT2D eigenvalue weighted by atomic mass is 9.86. The summed E-state index contributed by atoms with van der Waals surface area (Å²) in [5, 5.41) is 0. The van der Waals surface area contributed by atoms with E-state index in [1.807, 2.05) is 18.5 Å². The number of rotatable bonds is 3. The van der Waals surface area contributed by atoms with Crippen LogP contribution in [0.25, 0.3) is 0 Å². The molecule has 1 aromatic rings. The molecule has 1 aliphatic heterocycles. The third kappa shape index (κ3) is 2.40. The molecule has 0 spiro atoms. The average Bonchev–Trinajstić information content (AvgIpc) is 2.34. The van der Waals surface area contributed by atoms with E-state index in [9.17, 15) is 0 Å². The van der Waals surface area contributed by atoms with E-state index < -0.39 is 0 Å². The smallest absolute Gasteiger partial charge is 0.0507 e. The van der Waals surface area contributed by atoms with Crippen LogP contribution >= 0.6 is 0 Å². The molecular weight excluding hydrogens is 202 g/mol. The SMILES string of the molecule is Cc1ccncc1C(NN)C1CCOCC1. The number of hydrazine groups is 1. The quantitative estimate of drug-likeness (QED) is 0.597. The zero-order valence-electron chi connectivity index (χ0n) is 9.65. The highest BCUT2D eigenvalue weighted by Gasteiger charge is 2.25. The molecule has 0 radical (unpaired) electrons. The maximum absolute atomic E-state index is 5.69. The van der Waals surface area contributed by atoms with Gasteiger partial charge >= 0.3 is 0 Å². The van der Waals surface area contributed by atoms with E-state index in [0.29, 0.717) is 5.92 Å². The molecule has 16 heavy (non-hydrogen) atoms. The number of hydrogen-bond donors (Lipinski definition) is 2. The Morgan fingerprint density at radius 3 is 2.88 bits per heavy atom. The van der Waals surface area contributed by atoms with Crippen LogP contribution in [0.3, 0.4) is 0 Å². The van der Waals surface area contributed by atoms with Gasteiger partial charge in [0.25, 0.3) is 0 Å². The predicted molar refractivity (Wildman–Crippen MR) is 62.6 cm³/mol. The van der Waals surface area contributed by atoms with Gasteiger partial charge in [-0.1, -0.05) is 0 Å². The summed E-state index contributed by atoms with van der Waals surface area (Å²) in [5.74, 6) is 6.23. The summed E-state index contributed by atoms with van der Waals surface area (Å²) >= 11 is 0. The zero-order valence-corrected chi connectivity index (χ0v) is 9.65. The van der Waals surface area contributed by atoms with E-state index in [1.165, 1.54) is 11.1 Å². The van der Waals surface area contributed by atoms with Gasteiger partial charge in [-0.15, -0.1) is 0 Å². The fourth-order valence-corrected chi connectivity index (χ4v) is 2.33. The minimum Gasteiger partial charge on any atom is -0.381 e. The van der Waals surface area contributed by atoms with Gasteiger partial charge in [0, 0.05) is 25.6 Å². The first-order valence-electron chi connectivity index (χ1n) is 5.77. The van der Waals surface area contributed by atoms with E-state index >= 15 is 0 Å². The number of aryl methyl sites for hydroxylation is 1. The molecule has 0 amide bonds. The van der Waals surface area contributed by atoms with Crippen molar-refractivity contribution in [3.05, 3.63) is 29.6 Å². The Morgan fingerprint density at radius 2 is 2.25 bits per heavy atom. The Labute approximate surface area is 96.2 Å². The molecular formula is C12H19N3O. The molecule has 1 aliphatic rings. The third-order valence-corrected chi connectivity index (χ3v) is 3.33. The normalized spacial score (nSPS) is 19.6. The van der Waals surface area contributed by atoms with Crippen molar-refractivity contribution >= 4 is 0 Å². The Bertz CT molecular complexity index is 337. The summed E-state index contributed by atoms with van der Waals surface area (Å²) in [6.07, 6.45) is 5.85. The number of aromatic nitrogens is 1. The molecule has 4 nitrogen and oxygen atoms in total. The van der Waals surface area contributed by atoms with Gasteiger partial charge in [0.2, 0.25) is 0 Å².